The number of amides is 1. The molecule has 64 valence electrons. The van der Waals surface area contributed by atoms with E-state index in [9.17, 15) is 14.4 Å². The van der Waals surface area contributed by atoms with E-state index < -0.39 is 12.0 Å². The summed E-state index contributed by atoms with van der Waals surface area (Å²) < 4.78 is 0. The van der Waals surface area contributed by atoms with E-state index in [-0.39, 0.29) is 24.2 Å². The number of hydrogen-bond acceptors (Lipinski definition) is 3. The van der Waals surface area contributed by atoms with E-state index in [1.165, 1.54) is 4.90 Å². The Bertz CT molecular complexity index is 285. The van der Waals surface area contributed by atoms with Gasteiger partial charge in [0.25, 0.3) is 0 Å². The molecule has 0 aliphatic carbocycles. The topological polar surface area (TPSA) is 74.7 Å². The number of rotatable bonds is 1. The van der Waals surface area contributed by atoms with Crippen LogP contribution in [0, 0.1) is 0 Å². The fraction of sp³-hybridized carbons (Fsp3) is 0.571. The summed E-state index contributed by atoms with van der Waals surface area (Å²) in [6.07, 6.45) is 0.540. The van der Waals surface area contributed by atoms with Crippen LogP contribution in [0.2, 0.25) is 0 Å². The van der Waals surface area contributed by atoms with Crippen LogP contribution in [0.15, 0.2) is 0 Å². The summed E-state index contributed by atoms with van der Waals surface area (Å²) >= 11 is 0. The van der Waals surface area contributed by atoms with Crippen molar-refractivity contribution in [3.8, 4) is 0 Å². The predicted molar refractivity (Wildman–Crippen MR) is 36.3 cm³/mol. The summed E-state index contributed by atoms with van der Waals surface area (Å²) in [5.41, 5.74) is 0. The van der Waals surface area contributed by atoms with Gasteiger partial charge in [0.2, 0.25) is 5.91 Å². The van der Waals surface area contributed by atoms with E-state index in [1.54, 1.807) is 0 Å². The van der Waals surface area contributed by atoms with E-state index in [0.717, 1.165) is 0 Å². The lowest BCUT2D eigenvalue weighted by molar-refractivity contribution is -0.158. The molecule has 2 saturated heterocycles. The maximum absolute atomic E-state index is 11.0. The zero-order valence-corrected chi connectivity index (χ0v) is 6.19. The van der Waals surface area contributed by atoms with Crippen molar-refractivity contribution in [3.05, 3.63) is 0 Å². The van der Waals surface area contributed by atoms with Crippen molar-refractivity contribution in [2.75, 3.05) is 0 Å². The highest BCUT2D eigenvalue weighted by atomic mass is 16.4. The summed E-state index contributed by atoms with van der Waals surface area (Å²) in [4.78, 5) is 33.6. The van der Waals surface area contributed by atoms with Crippen molar-refractivity contribution in [2.45, 2.75) is 24.9 Å². The molecule has 2 aliphatic heterocycles. The van der Waals surface area contributed by atoms with E-state index >= 15 is 0 Å². The maximum atomic E-state index is 11.0. The summed E-state index contributed by atoms with van der Waals surface area (Å²) in [7, 11) is 0. The Hall–Kier alpha value is -1.39. The van der Waals surface area contributed by atoms with Crippen LogP contribution < -0.4 is 0 Å². The van der Waals surface area contributed by atoms with E-state index in [4.69, 9.17) is 5.11 Å². The lowest BCUT2D eigenvalue weighted by atomic mass is 10.0. The van der Waals surface area contributed by atoms with Crippen molar-refractivity contribution in [3.63, 3.8) is 0 Å². The second kappa shape index (κ2) is 2.06. The van der Waals surface area contributed by atoms with Crippen LogP contribution in [0.4, 0.5) is 0 Å². The first-order chi connectivity index (χ1) is 5.61. The van der Waals surface area contributed by atoms with Crippen LogP contribution in [0.5, 0.6) is 0 Å². The number of ketones is 1. The number of aliphatic carboxylic acids is 1. The van der Waals surface area contributed by atoms with E-state index in [2.05, 4.69) is 0 Å². The summed E-state index contributed by atoms with van der Waals surface area (Å²) in [5.74, 6) is -1.79. The van der Waals surface area contributed by atoms with Gasteiger partial charge in [0.15, 0.2) is 11.8 Å². The second-order valence-corrected chi connectivity index (χ2v) is 3.07. The minimum Gasteiger partial charge on any atom is -0.479 e. The smallest absolute Gasteiger partial charge is 0.334 e. The van der Waals surface area contributed by atoms with Crippen molar-refractivity contribution < 1.29 is 19.5 Å². The molecule has 0 aromatic rings. The molecule has 0 saturated carbocycles. The molecule has 0 spiro atoms. The van der Waals surface area contributed by atoms with Crippen molar-refractivity contribution in [2.24, 2.45) is 0 Å². The molecule has 0 radical (unpaired) electrons. The zero-order chi connectivity index (χ0) is 8.88. The summed E-state index contributed by atoms with van der Waals surface area (Å²) in [6.45, 7) is 0. The number of hydrogen-bond donors (Lipinski definition) is 1. The summed E-state index contributed by atoms with van der Waals surface area (Å²) in [6, 6.07) is -1.33. The lowest BCUT2D eigenvalue weighted by Gasteiger charge is -2.35. The monoisotopic (exact) mass is 169 g/mol. The number of carbonyl (C=O) groups excluding carboxylic acids is 2. The fourth-order valence-electron chi connectivity index (χ4n) is 1.78. The molecule has 2 atom stereocenters. The average molecular weight is 169 g/mol. The van der Waals surface area contributed by atoms with Gasteiger partial charge < -0.3 is 10.0 Å². The third kappa shape index (κ3) is 0.704. The number of carboxylic acids is 1. The Morgan fingerprint density at radius 2 is 2.08 bits per heavy atom. The van der Waals surface area contributed by atoms with Gasteiger partial charge in [-0.2, -0.15) is 0 Å². The van der Waals surface area contributed by atoms with Gasteiger partial charge in [-0.1, -0.05) is 0 Å². The Labute approximate surface area is 68.0 Å². The molecule has 5 heteroatoms. The number of fused-ring (bicyclic) bond motifs is 1. The minimum absolute atomic E-state index is 0.133. The molecule has 0 aromatic carbocycles. The molecule has 2 unspecified atom stereocenters. The largest absolute Gasteiger partial charge is 0.479 e. The quantitative estimate of drug-likeness (QED) is 0.404. The number of Topliss-reactive ketones (excluding diaryl/α,β-unsaturated/α-hetero) is 1. The molecule has 0 bridgehead atoms. The predicted octanol–water partition coefficient (Wildman–Crippen LogP) is -0.987. The number of carbonyl (C=O) groups is 3. The maximum Gasteiger partial charge on any atom is 0.334 e. The van der Waals surface area contributed by atoms with Crippen molar-refractivity contribution in [1.82, 2.24) is 4.90 Å². The number of β-lactam (4-membered cyclic amide) rings is 1. The molecular formula is C7H7NO4. The molecule has 0 aromatic heterocycles. The molecule has 12 heavy (non-hydrogen) atoms. The van der Waals surface area contributed by atoms with Gasteiger partial charge in [0.05, 0.1) is 0 Å². The third-order valence-electron chi connectivity index (χ3n) is 2.35. The van der Waals surface area contributed by atoms with E-state index in [0.29, 0.717) is 6.42 Å². The highest BCUT2D eigenvalue weighted by Crippen LogP contribution is 2.32. The molecule has 1 N–H and O–H groups in total. The Kier molecular flexibility index (Phi) is 1.25. The van der Waals surface area contributed by atoms with Crippen molar-refractivity contribution >= 4 is 17.7 Å². The highest BCUT2D eigenvalue weighted by molar-refractivity contribution is 6.10. The van der Waals surface area contributed by atoms with Crippen LogP contribution in [-0.4, -0.2) is 39.7 Å². The first-order valence-electron chi connectivity index (χ1n) is 3.68. The Morgan fingerprint density at radius 1 is 1.42 bits per heavy atom. The minimum atomic E-state index is -1.21. The Balaban J connectivity index is 2.26. The SMILES string of the molecule is O=C(O)C1C(=O)CC2CC(=O)N21. The molecule has 5 nitrogen and oxygen atoms in total. The molecule has 2 fully saturated rings. The first-order valence-corrected chi connectivity index (χ1v) is 3.68. The number of nitrogens with zero attached hydrogens (tertiary/aromatic N) is 1. The van der Waals surface area contributed by atoms with Gasteiger partial charge >= 0.3 is 5.97 Å². The first kappa shape index (κ1) is 7.27. The van der Waals surface area contributed by atoms with Crippen LogP contribution in [0.25, 0.3) is 0 Å². The lowest BCUT2D eigenvalue weighted by Crippen LogP contribution is -2.55. The van der Waals surface area contributed by atoms with Gasteiger partial charge in [0, 0.05) is 18.9 Å². The van der Waals surface area contributed by atoms with Gasteiger partial charge in [0.1, 0.15) is 0 Å². The third-order valence-corrected chi connectivity index (χ3v) is 2.35. The molecular weight excluding hydrogens is 162 g/mol. The second-order valence-electron chi connectivity index (χ2n) is 3.07. The Morgan fingerprint density at radius 3 is 2.50 bits per heavy atom. The molecule has 2 rings (SSSR count). The van der Waals surface area contributed by atoms with Crippen LogP contribution in [0.3, 0.4) is 0 Å². The highest BCUT2D eigenvalue weighted by Gasteiger charge is 2.53. The normalized spacial score (nSPS) is 33.2. The molecule has 2 heterocycles. The van der Waals surface area contributed by atoms with Crippen LogP contribution >= 0.6 is 0 Å². The number of carboxylic acid groups (broad SMARTS) is 1. The molecule has 1 amide bonds. The van der Waals surface area contributed by atoms with Crippen LogP contribution in [0.1, 0.15) is 12.8 Å². The van der Waals surface area contributed by atoms with Gasteiger partial charge in [-0.05, 0) is 0 Å². The van der Waals surface area contributed by atoms with Gasteiger partial charge in [-0.25, -0.2) is 4.79 Å². The fourth-order valence-corrected chi connectivity index (χ4v) is 1.78. The molecule has 2 aliphatic rings. The standard InChI is InChI=1S/C7H7NO4/c9-4-1-3-2-5(10)8(3)6(4)7(11)12/h3,6H,1-2H2,(H,11,12). The van der Waals surface area contributed by atoms with Crippen LogP contribution in [-0.2, 0) is 14.4 Å². The zero-order valence-electron chi connectivity index (χ0n) is 6.19. The van der Waals surface area contributed by atoms with Gasteiger partial charge in [-0.15, -0.1) is 0 Å². The summed E-state index contributed by atoms with van der Waals surface area (Å²) in [5, 5.41) is 8.61. The average Bonchev–Trinajstić information content (AvgIpc) is 2.22. The van der Waals surface area contributed by atoms with Crippen molar-refractivity contribution in [1.29, 1.82) is 0 Å². The van der Waals surface area contributed by atoms with E-state index in [1.807, 2.05) is 0 Å². The van der Waals surface area contributed by atoms with Gasteiger partial charge in [-0.3, -0.25) is 9.59 Å².